The molecule has 0 saturated heterocycles. The summed E-state index contributed by atoms with van der Waals surface area (Å²) in [6, 6.07) is 15.4. The lowest BCUT2D eigenvalue weighted by Gasteiger charge is -2.16. The van der Waals surface area contributed by atoms with Gasteiger partial charge in [-0.25, -0.2) is 8.42 Å². The predicted molar refractivity (Wildman–Crippen MR) is 132 cm³/mol. The Hall–Kier alpha value is -1.78. The lowest BCUT2D eigenvalue weighted by Crippen LogP contribution is -2.18. The number of benzene rings is 2. The van der Waals surface area contributed by atoms with E-state index in [9.17, 15) is 13.0 Å². The van der Waals surface area contributed by atoms with Crippen LogP contribution in [-0.2, 0) is 14.4 Å². The number of sulfone groups is 1. The molecule has 2 rings (SSSR count). The van der Waals surface area contributed by atoms with Gasteiger partial charge in [-0.3, -0.25) is 0 Å². The fraction of sp³-hybridized carbons (Fsp3) is 0.478. The van der Waals surface area contributed by atoms with Crippen molar-refractivity contribution in [3.05, 3.63) is 48.5 Å². The topological polar surface area (TPSA) is 75.3 Å². The Kier molecular flexibility index (Phi) is 9.64. The largest absolute Gasteiger partial charge is 0.382 e. The van der Waals surface area contributed by atoms with Crippen LogP contribution < -0.4 is 15.9 Å². The number of nitrogens with one attached hydrogen (secondary N) is 2. The van der Waals surface area contributed by atoms with Gasteiger partial charge in [-0.1, -0.05) is 24.3 Å². The van der Waals surface area contributed by atoms with Crippen molar-refractivity contribution in [2.75, 3.05) is 24.0 Å². The average molecular weight is 453 g/mol. The second kappa shape index (κ2) is 11.0. The van der Waals surface area contributed by atoms with Gasteiger partial charge in [0.2, 0.25) is 0 Å². The van der Waals surface area contributed by atoms with Gasteiger partial charge in [-0.15, -0.1) is 0 Å². The van der Waals surface area contributed by atoms with E-state index in [1.165, 1.54) is 0 Å². The highest BCUT2D eigenvalue weighted by Gasteiger charge is 2.22. The first-order valence-corrected chi connectivity index (χ1v) is 14.4. The first-order chi connectivity index (χ1) is 13.8. The summed E-state index contributed by atoms with van der Waals surface area (Å²) in [4.78, 5) is 0.388. The molecule has 0 aliphatic rings. The molecule has 2 N–H and O–H groups in total. The highest BCUT2D eigenvalue weighted by Crippen LogP contribution is 2.37. The fourth-order valence-corrected chi connectivity index (χ4v) is 5.15. The number of para-hydroxylation sites is 2. The summed E-state index contributed by atoms with van der Waals surface area (Å²) in [5, 5.41) is 7.00. The molecular weight excluding hydrogens is 415 g/mol. The summed E-state index contributed by atoms with van der Waals surface area (Å²) < 4.78 is 36.2. The Balaban J connectivity index is 0.000000303. The quantitative estimate of drug-likeness (QED) is 0.547. The van der Waals surface area contributed by atoms with Crippen LogP contribution in [0.2, 0.25) is 0 Å². The molecule has 0 saturated carbocycles. The Morgan fingerprint density at radius 2 is 1.17 bits per heavy atom. The van der Waals surface area contributed by atoms with Crippen molar-refractivity contribution in [1.29, 1.82) is 0 Å². The van der Waals surface area contributed by atoms with Crippen LogP contribution in [-0.4, -0.2) is 39.1 Å². The van der Waals surface area contributed by atoms with Gasteiger partial charge < -0.3 is 15.2 Å². The zero-order chi connectivity index (χ0) is 23.1. The summed E-state index contributed by atoms with van der Waals surface area (Å²) in [5.74, 6) is 0. The maximum Gasteiger partial charge on any atom is 0.182 e. The van der Waals surface area contributed by atoms with E-state index in [-0.39, 0.29) is 6.04 Å². The maximum absolute atomic E-state index is 12.1. The van der Waals surface area contributed by atoms with E-state index < -0.39 is 22.2 Å². The SMILES string of the molecule is CC(C)Nc1ccccc1P(C)(C)=O.CC(C)Nc1ccccc1S(=O)(=O)C(C)C. The standard InChI is InChI=1S/C12H19NO2S.C11H18NOP/c1-9(2)13-11-7-5-6-8-12(11)16(14,15)10(3)4;1-9(2)12-10-7-5-6-8-11(10)14(3,4)13/h5-10,13H,1-4H3;5-9,12H,1-4H3. The predicted octanol–water partition coefficient (Wildman–Crippen LogP) is 5.44. The summed E-state index contributed by atoms with van der Waals surface area (Å²) in [6.07, 6.45) is 0. The van der Waals surface area contributed by atoms with Gasteiger partial charge in [0.15, 0.2) is 9.84 Å². The van der Waals surface area contributed by atoms with Gasteiger partial charge in [0.25, 0.3) is 0 Å². The minimum Gasteiger partial charge on any atom is -0.382 e. The fourth-order valence-electron chi connectivity index (χ4n) is 2.78. The zero-order valence-corrected chi connectivity index (χ0v) is 21.1. The molecule has 7 heteroatoms. The summed E-state index contributed by atoms with van der Waals surface area (Å²) in [6.45, 7) is 15.1. The van der Waals surface area contributed by atoms with E-state index in [0.29, 0.717) is 16.6 Å². The molecule has 0 amide bonds. The molecule has 0 fully saturated rings. The second-order valence-corrected chi connectivity index (χ2v) is 14.2. The molecule has 0 aliphatic heterocycles. The van der Waals surface area contributed by atoms with Crippen LogP contribution in [0.5, 0.6) is 0 Å². The number of hydrogen-bond donors (Lipinski definition) is 2. The highest BCUT2D eigenvalue weighted by molar-refractivity contribution is 7.92. The molecule has 0 spiro atoms. The second-order valence-electron chi connectivity index (χ2n) is 8.56. The van der Waals surface area contributed by atoms with Crippen molar-refractivity contribution in [2.45, 2.75) is 63.8 Å². The van der Waals surface area contributed by atoms with Crippen LogP contribution in [0.4, 0.5) is 11.4 Å². The lowest BCUT2D eigenvalue weighted by molar-refractivity contribution is 0.586. The first-order valence-electron chi connectivity index (χ1n) is 10.3. The van der Waals surface area contributed by atoms with E-state index in [0.717, 1.165) is 11.0 Å². The van der Waals surface area contributed by atoms with Gasteiger partial charge in [-0.2, -0.15) is 0 Å². The molecule has 0 aromatic heterocycles. The Morgan fingerprint density at radius 1 is 0.733 bits per heavy atom. The van der Waals surface area contributed by atoms with Crippen LogP contribution >= 0.6 is 7.14 Å². The Labute approximate surface area is 183 Å². The van der Waals surface area contributed by atoms with Crippen LogP contribution in [0, 0.1) is 0 Å². The van der Waals surface area contributed by atoms with Crippen molar-refractivity contribution < 1.29 is 13.0 Å². The van der Waals surface area contributed by atoms with E-state index in [4.69, 9.17) is 0 Å². The van der Waals surface area contributed by atoms with Gasteiger partial charge in [-0.05, 0) is 79.1 Å². The molecule has 2 aromatic rings. The normalized spacial score (nSPS) is 12.0. The molecule has 30 heavy (non-hydrogen) atoms. The molecular formula is C23H37N2O3PS. The van der Waals surface area contributed by atoms with E-state index in [1.807, 2.05) is 44.2 Å². The lowest BCUT2D eigenvalue weighted by atomic mass is 10.3. The van der Waals surface area contributed by atoms with Crippen molar-refractivity contribution >= 4 is 33.7 Å². The van der Waals surface area contributed by atoms with Gasteiger partial charge in [0.1, 0.15) is 7.14 Å². The highest BCUT2D eigenvalue weighted by atomic mass is 32.2. The molecule has 168 valence electrons. The van der Waals surface area contributed by atoms with Crippen LogP contribution in [0.25, 0.3) is 0 Å². The van der Waals surface area contributed by atoms with Gasteiger partial charge in [0.05, 0.1) is 15.8 Å². The summed E-state index contributed by atoms with van der Waals surface area (Å²) >= 11 is 0. The van der Waals surface area contributed by atoms with Crippen molar-refractivity contribution in [3.8, 4) is 0 Å². The van der Waals surface area contributed by atoms with Crippen LogP contribution in [0.1, 0.15) is 41.5 Å². The van der Waals surface area contributed by atoms with Crippen LogP contribution in [0.15, 0.2) is 53.4 Å². The third kappa shape index (κ3) is 7.81. The third-order valence-electron chi connectivity index (χ3n) is 4.19. The number of hydrogen-bond acceptors (Lipinski definition) is 5. The number of rotatable bonds is 7. The van der Waals surface area contributed by atoms with Crippen molar-refractivity contribution in [3.63, 3.8) is 0 Å². The van der Waals surface area contributed by atoms with Crippen molar-refractivity contribution in [2.24, 2.45) is 0 Å². The molecule has 0 heterocycles. The van der Waals surface area contributed by atoms with E-state index in [2.05, 4.69) is 24.5 Å². The minimum absolute atomic E-state index is 0.212. The Bertz CT molecular complexity index is 964. The third-order valence-corrected chi connectivity index (χ3v) is 7.95. The van der Waals surface area contributed by atoms with Crippen LogP contribution in [0.3, 0.4) is 0 Å². The minimum atomic E-state index is -3.22. The smallest absolute Gasteiger partial charge is 0.182 e. The van der Waals surface area contributed by atoms with E-state index in [1.54, 1.807) is 45.4 Å². The summed E-state index contributed by atoms with van der Waals surface area (Å²) in [7, 11) is -5.39. The number of anilines is 2. The monoisotopic (exact) mass is 452 g/mol. The molecule has 0 bridgehead atoms. The molecule has 0 unspecified atom stereocenters. The zero-order valence-electron chi connectivity index (χ0n) is 19.4. The summed E-state index contributed by atoms with van der Waals surface area (Å²) in [5.41, 5.74) is 1.68. The Morgan fingerprint density at radius 3 is 1.63 bits per heavy atom. The molecule has 0 atom stereocenters. The molecule has 5 nitrogen and oxygen atoms in total. The average Bonchev–Trinajstić information content (AvgIpc) is 2.61. The van der Waals surface area contributed by atoms with E-state index >= 15 is 0 Å². The molecule has 0 radical (unpaired) electrons. The van der Waals surface area contributed by atoms with Crippen molar-refractivity contribution in [1.82, 2.24) is 0 Å². The van der Waals surface area contributed by atoms with Gasteiger partial charge in [0, 0.05) is 23.1 Å². The first kappa shape index (κ1) is 26.3. The van der Waals surface area contributed by atoms with Gasteiger partial charge >= 0.3 is 0 Å². The molecule has 2 aromatic carbocycles. The maximum atomic E-state index is 12.1. The molecule has 0 aliphatic carbocycles.